The van der Waals surface area contributed by atoms with Crippen molar-refractivity contribution < 1.29 is 4.79 Å². The van der Waals surface area contributed by atoms with Crippen molar-refractivity contribution in [1.29, 1.82) is 5.26 Å². The summed E-state index contributed by atoms with van der Waals surface area (Å²) >= 11 is 1.35. The van der Waals surface area contributed by atoms with Crippen LogP contribution in [0.1, 0.15) is 23.9 Å². The standard InChI is InChI=1S/C25H21N5OS/c1-18(24(31)27-21-12-8-11-20(15-21)17-26)32-25-29-28-23(16-19-9-4-2-5-10-19)30(25)22-13-6-3-7-14-22/h2-15,18H,16H2,1H3,(H,27,31). The van der Waals surface area contributed by atoms with Crippen LogP contribution in [-0.2, 0) is 11.2 Å². The molecule has 0 aliphatic rings. The van der Waals surface area contributed by atoms with Crippen molar-refractivity contribution in [2.45, 2.75) is 23.8 Å². The predicted molar refractivity (Wildman–Crippen MR) is 126 cm³/mol. The first-order valence-corrected chi connectivity index (χ1v) is 11.0. The summed E-state index contributed by atoms with van der Waals surface area (Å²) in [6.07, 6.45) is 0.630. The first kappa shape index (κ1) is 21.3. The van der Waals surface area contributed by atoms with Gasteiger partial charge in [0.25, 0.3) is 0 Å². The number of thioether (sulfide) groups is 1. The summed E-state index contributed by atoms with van der Waals surface area (Å²) in [4.78, 5) is 12.8. The third kappa shape index (κ3) is 5.05. The van der Waals surface area contributed by atoms with Crippen LogP contribution in [0.4, 0.5) is 5.69 Å². The number of hydrogen-bond acceptors (Lipinski definition) is 5. The van der Waals surface area contributed by atoms with Crippen LogP contribution in [0, 0.1) is 11.3 Å². The molecule has 4 aromatic rings. The highest BCUT2D eigenvalue weighted by molar-refractivity contribution is 8.00. The van der Waals surface area contributed by atoms with E-state index in [-0.39, 0.29) is 5.91 Å². The molecule has 7 heteroatoms. The van der Waals surface area contributed by atoms with E-state index in [0.717, 1.165) is 17.1 Å². The highest BCUT2D eigenvalue weighted by atomic mass is 32.2. The summed E-state index contributed by atoms with van der Waals surface area (Å²) in [5.41, 5.74) is 3.17. The summed E-state index contributed by atoms with van der Waals surface area (Å²) < 4.78 is 2.00. The zero-order valence-corrected chi connectivity index (χ0v) is 18.3. The molecule has 4 rings (SSSR count). The molecule has 0 spiro atoms. The molecule has 1 atom stereocenters. The number of nitriles is 1. The van der Waals surface area contributed by atoms with Gasteiger partial charge in [-0.05, 0) is 42.8 Å². The Balaban J connectivity index is 1.57. The van der Waals surface area contributed by atoms with Gasteiger partial charge in [0.2, 0.25) is 5.91 Å². The van der Waals surface area contributed by atoms with Crippen molar-refractivity contribution in [2.75, 3.05) is 5.32 Å². The topological polar surface area (TPSA) is 83.6 Å². The number of carbonyl (C=O) groups is 1. The van der Waals surface area contributed by atoms with Crippen molar-refractivity contribution in [2.24, 2.45) is 0 Å². The Kier molecular flexibility index (Phi) is 6.63. The second-order valence-electron chi connectivity index (χ2n) is 7.17. The smallest absolute Gasteiger partial charge is 0.237 e. The van der Waals surface area contributed by atoms with Gasteiger partial charge in [0.05, 0.1) is 16.9 Å². The fourth-order valence-electron chi connectivity index (χ4n) is 3.23. The SMILES string of the molecule is CC(Sc1nnc(Cc2ccccc2)n1-c1ccccc1)C(=O)Nc1cccc(C#N)c1. The minimum absolute atomic E-state index is 0.169. The third-order valence-corrected chi connectivity index (χ3v) is 5.87. The van der Waals surface area contributed by atoms with Crippen LogP contribution in [0.3, 0.4) is 0 Å². The lowest BCUT2D eigenvalue weighted by molar-refractivity contribution is -0.115. The Bertz CT molecular complexity index is 1250. The predicted octanol–water partition coefficient (Wildman–Crippen LogP) is 4.85. The molecule has 1 amide bonds. The Morgan fingerprint density at radius 2 is 1.75 bits per heavy atom. The number of carbonyl (C=O) groups excluding carboxylic acids is 1. The molecule has 158 valence electrons. The molecule has 0 saturated carbocycles. The van der Waals surface area contributed by atoms with E-state index >= 15 is 0 Å². The minimum Gasteiger partial charge on any atom is -0.325 e. The van der Waals surface area contributed by atoms with Gasteiger partial charge in [0.15, 0.2) is 5.16 Å². The van der Waals surface area contributed by atoms with Crippen LogP contribution < -0.4 is 5.32 Å². The van der Waals surface area contributed by atoms with Gasteiger partial charge in [-0.3, -0.25) is 9.36 Å². The Labute approximate surface area is 190 Å². The molecule has 32 heavy (non-hydrogen) atoms. The summed E-state index contributed by atoms with van der Waals surface area (Å²) in [5, 5.41) is 21.0. The zero-order valence-electron chi connectivity index (χ0n) is 17.5. The van der Waals surface area contributed by atoms with Gasteiger partial charge in [-0.25, -0.2) is 0 Å². The summed E-state index contributed by atoms with van der Waals surface area (Å²) in [5.74, 6) is 0.636. The second kappa shape index (κ2) is 9.94. The number of amides is 1. The summed E-state index contributed by atoms with van der Waals surface area (Å²) in [7, 11) is 0. The van der Waals surface area contributed by atoms with E-state index in [9.17, 15) is 4.79 Å². The van der Waals surface area contributed by atoms with Crippen LogP contribution in [-0.4, -0.2) is 25.9 Å². The van der Waals surface area contributed by atoms with Crippen LogP contribution in [0.25, 0.3) is 5.69 Å². The van der Waals surface area contributed by atoms with Crippen molar-refractivity contribution in [3.63, 3.8) is 0 Å². The molecule has 0 aliphatic carbocycles. The number of benzene rings is 3. The average molecular weight is 440 g/mol. The van der Waals surface area contributed by atoms with E-state index in [2.05, 4.69) is 33.7 Å². The number of aromatic nitrogens is 3. The molecule has 1 N–H and O–H groups in total. The van der Waals surface area contributed by atoms with Gasteiger partial charge in [0, 0.05) is 17.8 Å². The summed E-state index contributed by atoms with van der Waals surface area (Å²) in [6.45, 7) is 1.83. The monoisotopic (exact) mass is 439 g/mol. The normalized spacial score (nSPS) is 11.5. The molecular weight excluding hydrogens is 418 g/mol. The van der Waals surface area contributed by atoms with E-state index in [4.69, 9.17) is 5.26 Å². The van der Waals surface area contributed by atoms with E-state index in [0.29, 0.717) is 22.8 Å². The van der Waals surface area contributed by atoms with Crippen LogP contribution in [0.15, 0.2) is 90.1 Å². The molecular formula is C25H21N5OS. The van der Waals surface area contributed by atoms with Crippen LogP contribution in [0.5, 0.6) is 0 Å². The summed E-state index contributed by atoms with van der Waals surface area (Å²) in [6, 6.07) is 28.9. The lowest BCUT2D eigenvalue weighted by Crippen LogP contribution is -2.23. The van der Waals surface area contributed by atoms with E-state index in [1.54, 1.807) is 24.3 Å². The molecule has 0 fully saturated rings. The maximum Gasteiger partial charge on any atom is 0.237 e. The van der Waals surface area contributed by atoms with Crippen LogP contribution in [0.2, 0.25) is 0 Å². The molecule has 0 saturated heterocycles. The first-order valence-electron chi connectivity index (χ1n) is 10.2. The highest BCUT2D eigenvalue weighted by Crippen LogP contribution is 2.27. The molecule has 0 bridgehead atoms. The number of nitrogens with zero attached hydrogens (tertiary/aromatic N) is 4. The molecule has 3 aromatic carbocycles. The maximum absolute atomic E-state index is 12.8. The lowest BCUT2D eigenvalue weighted by atomic mass is 10.1. The number of nitrogens with one attached hydrogen (secondary N) is 1. The maximum atomic E-state index is 12.8. The molecule has 1 unspecified atom stereocenters. The third-order valence-electron chi connectivity index (χ3n) is 4.83. The minimum atomic E-state index is -0.419. The van der Waals surface area contributed by atoms with Crippen molar-refractivity contribution in [3.05, 3.63) is 102 Å². The van der Waals surface area contributed by atoms with Gasteiger partial charge in [-0.2, -0.15) is 5.26 Å². The number of rotatable bonds is 7. The van der Waals surface area contributed by atoms with Gasteiger partial charge < -0.3 is 5.32 Å². The highest BCUT2D eigenvalue weighted by Gasteiger charge is 2.21. The van der Waals surface area contributed by atoms with Crippen molar-refractivity contribution in [3.8, 4) is 11.8 Å². The van der Waals surface area contributed by atoms with Gasteiger partial charge in [-0.1, -0.05) is 66.4 Å². The van der Waals surface area contributed by atoms with E-state index < -0.39 is 5.25 Å². The Morgan fingerprint density at radius 1 is 1.03 bits per heavy atom. The Morgan fingerprint density at radius 3 is 2.47 bits per heavy atom. The molecule has 0 radical (unpaired) electrons. The van der Waals surface area contributed by atoms with Gasteiger partial charge in [0.1, 0.15) is 5.82 Å². The average Bonchev–Trinajstić information content (AvgIpc) is 3.22. The lowest BCUT2D eigenvalue weighted by Gasteiger charge is -2.14. The van der Waals surface area contributed by atoms with E-state index in [1.807, 2.05) is 60.0 Å². The zero-order chi connectivity index (χ0) is 22.3. The molecule has 1 heterocycles. The fraction of sp³-hybridized carbons (Fsp3) is 0.120. The largest absolute Gasteiger partial charge is 0.325 e. The first-order chi connectivity index (χ1) is 15.6. The quantitative estimate of drug-likeness (QED) is 0.416. The van der Waals surface area contributed by atoms with Crippen LogP contribution >= 0.6 is 11.8 Å². The molecule has 1 aromatic heterocycles. The van der Waals surface area contributed by atoms with Crippen molar-refractivity contribution >= 4 is 23.4 Å². The second-order valence-corrected chi connectivity index (χ2v) is 8.48. The van der Waals surface area contributed by atoms with Gasteiger partial charge >= 0.3 is 0 Å². The number of anilines is 1. The number of hydrogen-bond donors (Lipinski definition) is 1. The van der Waals surface area contributed by atoms with Crippen molar-refractivity contribution in [1.82, 2.24) is 14.8 Å². The fourth-order valence-corrected chi connectivity index (χ4v) is 4.11. The van der Waals surface area contributed by atoms with Gasteiger partial charge in [-0.15, -0.1) is 10.2 Å². The number of para-hydroxylation sites is 1. The Hall–Kier alpha value is -3.89. The molecule has 6 nitrogen and oxygen atoms in total. The molecule has 0 aliphatic heterocycles. The van der Waals surface area contributed by atoms with E-state index in [1.165, 1.54) is 11.8 Å².